The number of hydrogen-bond acceptors (Lipinski definition) is 0. The molecule has 0 N–H and O–H groups in total. The van der Waals surface area contributed by atoms with E-state index in [-0.39, 0.29) is 0 Å². The van der Waals surface area contributed by atoms with E-state index in [4.69, 9.17) is 0 Å². The summed E-state index contributed by atoms with van der Waals surface area (Å²) in [6, 6.07) is 0. The van der Waals surface area contributed by atoms with Crippen molar-refractivity contribution in [1.29, 1.82) is 0 Å². The molecule has 0 aromatic heterocycles. The van der Waals surface area contributed by atoms with E-state index in [0.29, 0.717) is 5.41 Å². The lowest BCUT2D eigenvalue weighted by Gasteiger charge is -2.43. The number of hydrogen-bond donors (Lipinski definition) is 0. The van der Waals surface area contributed by atoms with Crippen LogP contribution < -0.4 is 0 Å². The molecule has 0 heterocycles. The Bertz CT molecular complexity index is 228. The maximum atomic E-state index is 2.51. The van der Waals surface area contributed by atoms with Gasteiger partial charge in [-0.05, 0) is 36.0 Å². The van der Waals surface area contributed by atoms with Gasteiger partial charge < -0.3 is 0 Å². The molecule has 1 rings (SSSR count). The fourth-order valence-corrected chi connectivity index (χ4v) is 4.24. The smallest absolute Gasteiger partial charge is 0.0323 e. The zero-order chi connectivity index (χ0) is 14.3. The van der Waals surface area contributed by atoms with Gasteiger partial charge in [0.25, 0.3) is 0 Å². The van der Waals surface area contributed by atoms with Crippen molar-refractivity contribution in [3.05, 3.63) is 0 Å². The summed E-state index contributed by atoms with van der Waals surface area (Å²) in [5.74, 6) is 2.87. The van der Waals surface area contributed by atoms with Crippen LogP contribution in [0, 0.1) is 23.2 Å². The summed E-state index contributed by atoms with van der Waals surface area (Å²) < 4.78 is 0. The van der Waals surface area contributed by atoms with E-state index in [1.165, 1.54) is 64.2 Å². The van der Waals surface area contributed by atoms with Crippen LogP contribution in [0.1, 0.15) is 98.8 Å². The molecule has 0 spiro atoms. The zero-order valence-electron chi connectivity index (χ0n) is 14.3. The highest BCUT2D eigenvalue weighted by molar-refractivity contribution is 4.86. The molecule has 0 aromatic carbocycles. The van der Waals surface area contributed by atoms with E-state index in [9.17, 15) is 0 Å². The average Bonchev–Trinajstić information content (AvgIpc) is 2.33. The van der Waals surface area contributed by atoms with Gasteiger partial charge in [0.1, 0.15) is 0 Å². The first-order valence-corrected chi connectivity index (χ1v) is 8.97. The third kappa shape index (κ3) is 5.88. The largest absolute Gasteiger partial charge is 0.0654 e. The minimum atomic E-state index is 0.597. The number of rotatable bonds is 8. The van der Waals surface area contributed by atoms with Crippen LogP contribution >= 0.6 is 0 Å². The lowest BCUT2D eigenvalue weighted by molar-refractivity contribution is 0.0707. The highest BCUT2D eigenvalue weighted by Gasteiger charge is 2.36. The summed E-state index contributed by atoms with van der Waals surface area (Å²) in [6.45, 7) is 12.3. The van der Waals surface area contributed by atoms with Gasteiger partial charge in [0.15, 0.2) is 0 Å². The van der Waals surface area contributed by atoms with Crippen LogP contribution in [0.3, 0.4) is 0 Å². The molecule has 1 fully saturated rings. The Balaban J connectivity index is 2.25. The van der Waals surface area contributed by atoms with E-state index >= 15 is 0 Å². The van der Waals surface area contributed by atoms with Crippen molar-refractivity contribution in [3.8, 4) is 0 Å². The van der Waals surface area contributed by atoms with E-state index in [0.717, 1.165) is 17.8 Å². The van der Waals surface area contributed by atoms with Crippen molar-refractivity contribution < 1.29 is 0 Å². The van der Waals surface area contributed by atoms with Crippen molar-refractivity contribution >= 4 is 0 Å². The van der Waals surface area contributed by atoms with Gasteiger partial charge in [0.05, 0.1) is 0 Å². The topological polar surface area (TPSA) is 0 Å². The minimum Gasteiger partial charge on any atom is -0.0654 e. The first-order valence-electron chi connectivity index (χ1n) is 8.97. The van der Waals surface area contributed by atoms with Crippen molar-refractivity contribution in [2.24, 2.45) is 23.2 Å². The van der Waals surface area contributed by atoms with Gasteiger partial charge in [-0.1, -0.05) is 86.0 Å². The average molecular weight is 267 g/mol. The quantitative estimate of drug-likeness (QED) is 0.422. The molecule has 0 heteroatoms. The second kappa shape index (κ2) is 8.32. The van der Waals surface area contributed by atoms with Gasteiger partial charge in [-0.2, -0.15) is 0 Å². The van der Waals surface area contributed by atoms with Crippen molar-refractivity contribution in [2.75, 3.05) is 0 Å². The standard InChI is InChI=1S/C19H38/c1-6-7-8-9-11-16(2)13-14-18-17(3)12-10-15-19(18,4)5/h16-18H,6-15H2,1-5H3. The van der Waals surface area contributed by atoms with Gasteiger partial charge >= 0.3 is 0 Å². The summed E-state index contributed by atoms with van der Waals surface area (Å²) in [4.78, 5) is 0. The van der Waals surface area contributed by atoms with Crippen LogP contribution in [-0.2, 0) is 0 Å². The van der Waals surface area contributed by atoms with Crippen LogP contribution in [0.4, 0.5) is 0 Å². The predicted molar refractivity (Wildman–Crippen MR) is 87.4 cm³/mol. The summed E-state index contributed by atoms with van der Waals surface area (Å²) in [5, 5.41) is 0. The van der Waals surface area contributed by atoms with Crippen LogP contribution in [0.2, 0.25) is 0 Å². The van der Waals surface area contributed by atoms with Gasteiger partial charge in [0, 0.05) is 0 Å². The van der Waals surface area contributed by atoms with E-state index in [1.54, 1.807) is 0 Å². The maximum Gasteiger partial charge on any atom is -0.0323 e. The van der Waals surface area contributed by atoms with Gasteiger partial charge in [0.2, 0.25) is 0 Å². The molecule has 0 amide bonds. The normalized spacial score (nSPS) is 28.3. The molecule has 1 aliphatic carbocycles. The Morgan fingerprint density at radius 2 is 1.84 bits per heavy atom. The molecule has 1 saturated carbocycles. The van der Waals surface area contributed by atoms with Crippen molar-refractivity contribution in [2.45, 2.75) is 98.8 Å². The second-order valence-electron chi connectivity index (χ2n) is 8.00. The molecule has 0 saturated heterocycles. The first-order chi connectivity index (χ1) is 8.97. The first kappa shape index (κ1) is 17.1. The van der Waals surface area contributed by atoms with Gasteiger partial charge in [-0.3, -0.25) is 0 Å². The molecule has 0 radical (unpaired) electrons. The SMILES string of the molecule is CCCCCCC(C)CCC1C(C)CCCC1(C)C. The molecule has 1 aliphatic rings. The fraction of sp³-hybridized carbons (Fsp3) is 1.00. The molecule has 0 aromatic rings. The third-order valence-corrected chi connectivity index (χ3v) is 5.69. The molecule has 0 bridgehead atoms. The lowest BCUT2D eigenvalue weighted by atomic mass is 9.62. The monoisotopic (exact) mass is 266 g/mol. The third-order valence-electron chi connectivity index (χ3n) is 5.69. The summed E-state index contributed by atoms with van der Waals surface area (Å²) >= 11 is 0. The van der Waals surface area contributed by atoms with Crippen LogP contribution in [0.25, 0.3) is 0 Å². The van der Waals surface area contributed by atoms with Crippen LogP contribution in [-0.4, -0.2) is 0 Å². The summed E-state index contributed by atoms with van der Waals surface area (Å²) in [5.41, 5.74) is 0.597. The Morgan fingerprint density at radius 3 is 2.47 bits per heavy atom. The minimum absolute atomic E-state index is 0.597. The molecular weight excluding hydrogens is 228 g/mol. The molecule has 0 nitrogen and oxygen atoms in total. The lowest BCUT2D eigenvalue weighted by Crippen LogP contribution is -2.33. The Labute approximate surface area is 122 Å². The van der Waals surface area contributed by atoms with Crippen LogP contribution in [0.5, 0.6) is 0 Å². The fourth-order valence-electron chi connectivity index (χ4n) is 4.24. The van der Waals surface area contributed by atoms with E-state index < -0.39 is 0 Å². The highest BCUT2D eigenvalue weighted by atomic mass is 14.4. The molecule has 0 aliphatic heterocycles. The Morgan fingerprint density at radius 1 is 1.11 bits per heavy atom. The molecule has 114 valence electrons. The summed E-state index contributed by atoms with van der Waals surface area (Å²) in [7, 11) is 0. The van der Waals surface area contributed by atoms with Crippen LogP contribution in [0.15, 0.2) is 0 Å². The van der Waals surface area contributed by atoms with Crippen molar-refractivity contribution in [3.63, 3.8) is 0 Å². The predicted octanol–water partition coefficient (Wildman–Crippen LogP) is 6.84. The van der Waals surface area contributed by atoms with Gasteiger partial charge in [-0.25, -0.2) is 0 Å². The Hall–Kier alpha value is 0. The van der Waals surface area contributed by atoms with Crippen molar-refractivity contribution in [1.82, 2.24) is 0 Å². The molecule has 3 atom stereocenters. The van der Waals surface area contributed by atoms with Gasteiger partial charge in [-0.15, -0.1) is 0 Å². The number of unbranched alkanes of at least 4 members (excludes halogenated alkanes) is 3. The molecule has 19 heavy (non-hydrogen) atoms. The van der Waals surface area contributed by atoms with E-state index in [2.05, 4.69) is 34.6 Å². The Kier molecular flexibility index (Phi) is 7.47. The molecule has 3 unspecified atom stereocenters. The summed E-state index contributed by atoms with van der Waals surface area (Å²) in [6.07, 6.45) is 14.5. The zero-order valence-corrected chi connectivity index (χ0v) is 14.3. The highest BCUT2D eigenvalue weighted by Crippen LogP contribution is 2.46. The maximum absolute atomic E-state index is 2.51. The second-order valence-corrected chi connectivity index (χ2v) is 8.00. The van der Waals surface area contributed by atoms with E-state index in [1.807, 2.05) is 0 Å². The molecular formula is C19H38.